The Morgan fingerprint density at radius 2 is 1.05 bits per heavy atom. The number of fused-ring (bicyclic) bond motifs is 9. The van der Waals surface area contributed by atoms with Gasteiger partial charge in [0.1, 0.15) is 16.7 Å². The first-order chi connectivity index (χ1) is 21.2. The van der Waals surface area contributed by atoms with Crippen LogP contribution in [0.4, 0.5) is 0 Å². The molecular formula is C38H19N3O2. The third kappa shape index (κ3) is 3.19. The highest BCUT2D eigenvalue weighted by molar-refractivity contribution is 6.17. The molecule has 0 unspecified atom stereocenters. The summed E-state index contributed by atoms with van der Waals surface area (Å²) in [6.45, 7) is 0. The van der Waals surface area contributed by atoms with Crippen LogP contribution >= 0.6 is 0 Å². The summed E-state index contributed by atoms with van der Waals surface area (Å²) in [7, 11) is 0. The van der Waals surface area contributed by atoms with Gasteiger partial charge in [-0.05, 0) is 42.5 Å². The summed E-state index contributed by atoms with van der Waals surface area (Å²) in [4.78, 5) is 0. The molecule has 0 atom stereocenters. The lowest BCUT2D eigenvalue weighted by molar-refractivity contribution is 0.663. The Hall–Kier alpha value is -6.30. The van der Waals surface area contributed by atoms with Gasteiger partial charge in [-0.15, -0.1) is 0 Å². The van der Waals surface area contributed by atoms with Gasteiger partial charge < -0.3 is 13.4 Å². The number of benzene rings is 6. The van der Waals surface area contributed by atoms with E-state index in [4.69, 9.17) is 8.83 Å². The molecule has 0 aliphatic heterocycles. The number of aromatic nitrogens is 1. The second-order valence-electron chi connectivity index (χ2n) is 10.7. The molecule has 43 heavy (non-hydrogen) atoms. The Morgan fingerprint density at radius 1 is 0.465 bits per heavy atom. The van der Waals surface area contributed by atoms with Crippen LogP contribution in [-0.2, 0) is 0 Å². The van der Waals surface area contributed by atoms with Crippen molar-refractivity contribution in [3.63, 3.8) is 0 Å². The summed E-state index contributed by atoms with van der Waals surface area (Å²) in [6.07, 6.45) is 0. The minimum absolute atomic E-state index is 0.499. The maximum Gasteiger partial charge on any atom is 0.159 e. The normalized spacial score (nSPS) is 11.7. The molecule has 0 spiro atoms. The molecule has 0 aliphatic carbocycles. The van der Waals surface area contributed by atoms with Crippen molar-refractivity contribution in [2.45, 2.75) is 0 Å². The predicted molar refractivity (Wildman–Crippen MR) is 170 cm³/mol. The molecule has 9 rings (SSSR count). The average Bonchev–Trinajstić information content (AvgIpc) is 3.73. The molecule has 9 aromatic rings. The van der Waals surface area contributed by atoms with Crippen molar-refractivity contribution in [3.05, 3.63) is 126 Å². The van der Waals surface area contributed by atoms with Crippen molar-refractivity contribution < 1.29 is 8.83 Å². The van der Waals surface area contributed by atoms with Gasteiger partial charge in [-0.25, -0.2) is 0 Å². The van der Waals surface area contributed by atoms with Gasteiger partial charge in [-0.3, -0.25) is 0 Å². The van der Waals surface area contributed by atoms with Gasteiger partial charge >= 0.3 is 0 Å². The number of nitriles is 2. The van der Waals surface area contributed by atoms with E-state index in [-0.39, 0.29) is 0 Å². The Morgan fingerprint density at radius 3 is 1.77 bits per heavy atom. The lowest BCUT2D eigenvalue weighted by Gasteiger charge is -2.09. The number of nitrogens with zero attached hydrogens (tertiary/aromatic N) is 3. The monoisotopic (exact) mass is 549 g/mol. The quantitative estimate of drug-likeness (QED) is 0.215. The number of para-hydroxylation sites is 4. The summed E-state index contributed by atoms with van der Waals surface area (Å²) >= 11 is 0. The van der Waals surface area contributed by atoms with Crippen molar-refractivity contribution in [1.82, 2.24) is 4.57 Å². The number of hydrogen-bond acceptors (Lipinski definition) is 4. The highest BCUT2D eigenvalue weighted by atomic mass is 16.3. The Labute approximate surface area is 244 Å². The molecule has 0 radical (unpaired) electrons. The second kappa shape index (κ2) is 8.60. The molecule has 3 heterocycles. The summed E-state index contributed by atoms with van der Waals surface area (Å²) in [5, 5.41) is 26.0. The molecule has 0 aliphatic rings. The molecule has 5 nitrogen and oxygen atoms in total. The van der Waals surface area contributed by atoms with E-state index in [9.17, 15) is 10.5 Å². The molecule has 198 valence electrons. The standard InChI is InChI=1S/C38H19N3O2/c39-20-22-16-29(28-12-7-11-27-26-10-3-6-15-35(26)42-36(27)28)37-30(17-22)31-18-23(21-40)19-34(38(31)43-37)41-32-13-4-1-8-24(32)25-9-2-5-14-33(25)41/h1-19H. The number of rotatable bonds is 2. The van der Waals surface area contributed by atoms with Crippen molar-refractivity contribution in [3.8, 4) is 29.0 Å². The zero-order valence-corrected chi connectivity index (χ0v) is 22.6. The van der Waals surface area contributed by atoms with Gasteiger partial charge in [0.2, 0.25) is 0 Å². The van der Waals surface area contributed by atoms with Crippen molar-refractivity contribution in [2.75, 3.05) is 0 Å². The molecule has 0 bridgehead atoms. The minimum atomic E-state index is 0.499. The smallest absolute Gasteiger partial charge is 0.159 e. The average molecular weight is 550 g/mol. The van der Waals surface area contributed by atoms with E-state index in [0.29, 0.717) is 22.3 Å². The van der Waals surface area contributed by atoms with Crippen LogP contribution < -0.4 is 0 Å². The summed E-state index contributed by atoms with van der Waals surface area (Å²) < 4.78 is 15.4. The van der Waals surface area contributed by atoms with Gasteiger partial charge in [-0.2, -0.15) is 10.5 Å². The topological polar surface area (TPSA) is 78.8 Å². The predicted octanol–water partition coefficient (Wildman–Crippen LogP) is 9.99. The summed E-state index contributed by atoms with van der Waals surface area (Å²) in [6, 6.07) is 42.7. The Bertz CT molecular complexity index is 2650. The van der Waals surface area contributed by atoms with Crippen molar-refractivity contribution >= 4 is 65.7 Å². The largest absolute Gasteiger partial charge is 0.455 e. The van der Waals surface area contributed by atoms with E-state index in [1.54, 1.807) is 0 Å². The number of hydrogen-bond donors (Lipinski definition) is 0. The Balaban J connectivity index is 1.44. The first-order valence-corrected chi connectivity index (χ1v) is 14.0. The van der Waals surface area contributed by atoms with Crippen LogP contribution in [0, 0.1) is 22.7 Å². The van der Waals surface area contributed by atoms with E-state index in [0.717, 1.165) is 71.3 Å². The van der Waals surface area contributed by atoms with Crippen LogP contribution in [0.1, 0.15) is 11.1 Å². The van der Waals surface area contributed by atoms with E-state index in [1.807, 2.05) is 84.9 Å². The van der Waals surface area contributed by atoms with Crippen LogP contribution in [0.3, 0.4) is 0 Å². The first kappa shape index (κ1) is 23.4. The third-order valence-electron chi connectivity index (χ3n) is 8.43. The fourth-order valence-electron chi connectivity index (χ4n) is 6.60. The van der Waals surface area contributed by atoms with Gasteiger partial charge in [0.15, 0.2) is 5.58 Å². The minimum Gasteiger partial charge on any atom is -0.455 e. The van der Waals surface area contributed by atoms with Crippen LogP contribution in [-0.4, -0.2) is 4.57 Å². The zero-order chi connectivity index (χ0) is 28.7. The van der Waals surface area contributed by atoms with E-state index in [2.05, 4.69) is 47.0 Å². The molecule has 0 saturated heterocycles. The van der Waals surface area contributed by atoms with Gasteiger partial charge in [0.25, 0.3) is 0 Å². The molecule has 6 aromatic carbocycles. The van der Waals surface area contributed by atoms with Gasteiger partial charge in [-0.1, -0.05) is 72.8 Å². The molecular weight excluding hydrogens is 530 g/mol. The van der Waals surface area contributed by atoms with Gasteiger partial charge in [0, 0.05) is 43.4 Å². The fraction of sp³-hybridized carbons (Fsp3) is 0. The molecule has 0 amide bonds. The van der Waals surface area contributed by atoms with Crippen molar-refractivity contribution in [1.29, 1.82) is 10.5 Å². The highest BCUT2D eigenvalue weighted by Crippen LogP contribution is 2.44. The molecule has 0 N–H and O–H groups in total. The molecule has 0 saturated carbocycles. The highest BCUT2D eigenvalue weighted by Gasteiger charge is 2.23. The number of furan rings is 2. The van der Waals surface area contributed by atoms with Crippen molar-refractivity contribution in [2.24, 2.45) is 0 Å². The third-order valence-corrected chi connectivity index (χ3v) is 8.43. The summed E-state index contributed by atoms with van der Waals surface area (Å²) in [5.41, 5.74) is 8.25. The van der Waals surface area contributed by atoms with Gasteiger partial charge in [0.05, 0.1) is 40.0 Å². The molecule has 5 heteroatoms. The molecule has 3 aromatic heterocycles. The van der Waals surface area contributed by atoms with E-state index in [1.165, 1.54) is 0 Å². The fourth-order valence-corrected chi connectivity index (χ4v) is 6.60. The first-order valence-electron chi connectivity index (χ1n) is 14.0. The molecule has 0 fully saturated rings. The van der Waals surface area contributed by atoms with Crippen LogP contribution in [0.15, 0.2) is 124 Å². The zero-order valence-electron chi connectivity index (χ0n) is 22.6. The van der Waals surface area contributed by atoms with Crippen LogP contribution in [0.25, 0.3) is 82.5 Å². The maximum absolute atomic E-state index is 10.1. The van der Waals surface area contributed by atoms with E-state index >= 15 is 0 Å². The maximum atomic E-state index is 10.1. The SMILES string of the molecule is N#Cc1cc(-c2cccc3c2oc2ccccc23)c2oc3c(-n4c5ccccc5c5ccccc54)cc(C#N)cc3c2c1. The lowest BCUT2D eigenvalue weighted by Crippen LogP contribution is -1.95. The van der Waals surface area contributed by atoms with Crippen LogP contribution in [0.5, 0.6) is 0 Å². The van der Waals surface area contributed by atoms with E-state index < -0.39 is 0 Å². The Kier molecular flexibility index (Phi) is 4.68. The van der Waals surface area contributed by atoms with Crippen LogP contribution in [0.2, 0.25) is 0 Å². The second-order valence-corrected chi connectivity index (χ2v) is 10.7. The lowest BCUT2D eigenvalue weighted by atomic mass is 9.97. The summed E-state index contributed by atoms with van der Waals surface area (Å²) in [5.74, 6) is 0.